The van der Waals surface area contributed by atoms with Gasteiger partial charge >= 0.3 is 6.98 Å². The number of hydrogen-bond donors (Lipinski definition) is 0. The Morgan fingerprint density at radius 2 is 1.67 bits per heavy atom. The normalized spacial score (nSPS) is 12.2. The van der Waals surface area contributed by atoms with Crippen molar-refractivity contribution in [3.8, 4) is 0 Å². The van der Waals surface area contributed by atoms with Gasteiger partial charge in [0.1, 0.15) is 0 Å². The summed E-state index contributed by atoms with van der Waals surface area (Å²) in [6.07, 6.45) is 0. The Morgan fingerprint density at radius 1 is 1.33 bits per heavy atom. The Balaban J connectivity index is 4.06. The quantitative estimate of drug-likeness (QED) is 0.513. The average molecular weight is 137 g/mol. The maximum atomic E-state index is 11.7. The van der Waals surface area contributed by atoms with Gasteiger partial charge in [-0.15, -0.1) is 12.1 Å². The van der Waals surface area contributed by atoms with Crippen molar-refractivity contribution in [3.63, 3.8) is 0 Å². The highest BCUT2D eigenvalue weighted by Crippen LogP contribution is 2.24. The molecule has 0 saturated carbocycles. The third kappa shape index (κ3) is 2.58. The topological polar surface area (TPSA) is 0 Å². The third-order valence-corrected chi connectivity index (χ3v) is 1.16. The van der Waals surface area contributed by atoms with Gasteiger partial charge in [-0.05, 0) is 0 Å². The highest BCUT2D eigenvalue weighted by molar-refractivity contribution is 6.66. The van der Waals surface area contributed by atoms with Crippen LogP contribution >= 0.6 is 0 Å². The first kappa shape index (κ1) is 8.59. The van der Waals surface area contributed by atoms with Crippen molar-refractivity contribution in [2.45, 2.75) is 13.8 Å². The van der Waals surface area contributed by atoms with E-state index in [0.29, 0.717) is 0 Å². The summed E-state index contributed by atoms with van der Waals surface area (Å²) >= 11 is 0. The van der Waals surface area contributed by atoms with Crippen LogP contribution < -0.4 is 0 Å². The Kier molecular flexibility index (Phi) is 2.35. The van der Waals surface area contributed by atoms with Crippen LogP contribution in [0.5, 0.6) is 0 Å². The van der Waals surface area contributed by atoms with E-state index in [1.807, 2.05) is 0 Å². The molecule has 0 aliphatic carbocycles. The fourth-order valence-corrected chi connectivity index (χ4v) is 0.378. The largest absolute Gasteiger partial charge is 0.505 e. The van der Waals surface area contributed by atoms with Crippen molar-refractivity contribution in [1.82, 2.24) is 0 Å². The first-order valence-electron chi connectivity index (χ1n) is 2.74. The van der Waals surface area contributed by atoms with Crippen molar-refractivity contribution in [1.29, 1.82) is 0 Å². The van der Waals surface area contributed by atoms with Gasteiger partial charge < -0.3 is 12.9 Å². The van der Waals surface area contributed by atoms with Crippen LogP contribution in [0.1, 0.15) is 13.8 Å². The van der Waals surface area contributed by atoms with Crippen LogP contribution in [0.25, 0.3) is 0 Å². The van der Waals surface area contributed by atoms with Crippen molar-refractivity contribution in [3.05, 3.63) is 12.1 Å². The number of hydrogen-bond acceptors (Lipinski definition) is 0. The Bertz CT molecular complexity index is 114. The first-order valence-corrected chi connectivity index (χ1v) is 2.74. The van der Waals surface area contributed by atoms with Gasteiger partial charge in [0.15, 0.2) is 0 Å². The van der Waals surface area contributed by atoms with E-state index in [4.69, 9.17) is 0 Å². The van der Waals surface area contributed by atoms with Crippen LogP contribution in [-0.2, 0) is 0 Å². The number of rotatable bonds is 2. The molecule has 0 bridgehead atoms. The fraction of sp³-hybridized carbons (Fsp3) is 0.600. The molecule has 0 aliphatic heterocycles. The summed E-state index contributed by atoms with van der Waals surface area (Å²) < 4.78 is 35.0. The van der Waals surface area contributed by atoms with E-state index in [1.165, 1.54) is 13.8 Å². The van der Waals surface area contributed by atoms with Gasteiger partial charge in [0.2, 0.25) is 0 Å². The lowest BCUT2D eigenvalue weighted by molar-refractivity contribution is 0.477. The molecule has 0 nitrogen and oxygen atoms in total. The summed E-state index contributed by atoms with van der Waals surface area (Å²) in [5, 5.41) is 0. The van der Waals surface area contributed by atoms with Crippen molar-refractivity contribution in [2.24, 2.45) is 5.92 Å². The fourth-order valence-electron chi connectivity index (χ4n) is 0.378. The summed E-state index contributed by atoms with van der Waals surface area (Å²) in [5.41, 5.74) is -0.602. The minimum absolute atomic E-state index is 0.481. The summed E-state index contributed by atoms with van der Waals surface area (Å²) in [6, 6.07) is 0. The summed E-state index contributed by atoms with van der Waals surface area (Å²) in [6.45, 7) is 1.09. The summed E-state index contributed by atoms with van der Waals surface area (Å²) in [5.74, 6) is -0.481. The molecule has 0 rings (SSSR count). The van der Waals surface area contributed by atoms with Gasteiger partial charge in [0.05, 0.1) is 0 Å². The first-order chi connectivity index (χ1) is 3.85. The Labute approximate surface area is 52.8 Å². The zero-order valence-electron chi connectivity index (χ0n) is 5.50. The van der Waals surface area contributed by atoms with E-state index < -0.39 is 18.4 Å². The molecule has 0 fully saturated rings. The monoisotopic (exact) mass is 137 g/mol. The second-order valence-corrected chi connectivity index (χ2v) is 2.30. The zero-order valence-corrected chi connectivity index (χ0v) is 5.50. The lowest BCUT2D eigenvalue weighted by Crippen LogP contribution is -2.22. The van der Waals surface area contributed by atoms with Crippen molar-refractivity contribution >= 4 is 6.98 Å². The summed E-state index contributed by atoms with van der Waals surface area (Å²) in [4.78, 5) is 0. The molecular formula is C5H9BF3-. The average Bonchev–Trinajstić information content (AvgIpc) is 1.62. The van der Waals surface area contributed by atoms with E-state index in [-0.39, 0.29) is 0 Å². The van der Waals surface area contributed by atoms with Crippen molar-refractivity contribution in [2.75, 3.05) is 0 Å². The second-order valence-electron chi connectivity index (χ2n) is 2.30. The van der Waals surface area contributed by atoms with Gasteiger partial charge in [-0.25, -0.2) is 0 Å². The highest BCUT2D eigenvalue weighted by atomic mass is 19.4. The molecule has 0 radical (unpaired) electrons. The Hall–Kier alpha value is -0.405. The van der Waals surface area contributed by atoms with Crippen molar-refractivity contribution < 1.29 is 12.9 Å². The highest BCUT2D eigenvalue weighted by Gasteiger charge is 2.27. The van der Waals surface area contributed by atoms with Crippen LogP contribution in [0.4, 0.5) is 12.9 Å². The number of halogens is 3. The minimum Gasteiger partial charge on any atom is -0.445 e. The maximum absolute atomic E-state index is 11.7. The van der Waals surface area contributed by atoms with Gasteiger partial charge in [-0.3, -0.25) is 0 Å². The molecule has 0 heterocycles. The minimum atomic E-state index is -4.80. The molecule has 0 atom stereocenters. The summed E-state index contributed by atoms with van der Waals surface area (Å²) in [7, 11) is 0. The smallest absolute Gasteiger partial charge is 0.445 e. The molecule has 54 valence electrons. The van der Waals surface area contributed by atoms with E-state index >= 15 is 0 Å². The standard InChI is InChI=1S/C5H9BF3/c1-4(2)5(3)6(7,8)9/h4H,3H2,1-2H3/q-1. The molecular weight excluding hydrogens is 128 g/mol. The lowest BCUT2D eigenvalue weighted by atomic mass is 9.74. The van der Waals surface area contributed by atoms with E-state index in [1.54, 1.807) is 0 Å². The molecule has 0 aromatic carbocycles. The molecule has 0 aromatic heterocycles. The van der Waals surface area contributed by atoms with Gasteiger partial charge in [0.25, 0.3) is 0 Å². The SMILES string of the molecule is C=C(C(C)C)[B-](F)(F)F. The molecule has 0 N–H and O–H groups in total. The predicted octanol–water partition coefficient (Wildman–Crippen LogP) is 2.59. The lowest BCUT2D eigenvalue weighted by Gasteiger charge is -2.20. The maximum Gasteiger partial charge on any atom is 0.505 e. The van der Waals surface area contributed by atoms with Crippen LogP contribution in [-0.4, -0.2) is 6.98 Å². The molecule has 9 heavy (non-hydrogen) atoms. The predicted molar refractivity (Wildman–Crippen MR) is 33.1 cm³/mol. The van der Waals surface area contributed by atoms with Gasteiger partial charge in [0, 0.05) is 0 Å². The molecule has 0 unspecified atom stereocenters. The van der Waals surface area contributed by atoms with Crippen LogP contribution in [0.3, 0.4) is 0 Å². The Morgan fingerprint density at radius 3 is 1.67 bits per heavy atom. The van der Waals surface area contributed by atoms with Gasteiger partial charge in [-0.1, -0.05) is 19.8 Å². The van der Waals surface area contributed by atoms with Gasteiger partial charge in [-0.2, -0.15) is 0 Å². The molecule has 0 amide bonds. The van der Waals surface area contributed by atoms with Crippen LogP contribution in [0, 0.1) is 5.92 Å². The molecule has 4 heteroatoms. The van der Waals surface area contributed by atoms with Crippen LogP contribution in [0.2, 0.25) is 0 Å². The molecule has 0 aliphatic rings. The number of allylic oxidation sites excluding steroid dienone is 1. The molecule has 0 aromatic rings. The molecule has 0 saturated heterocycles. The zero-order chi connectivity index (χ0) is 7.65. The van der Waals surface area contributed by atoms with E-state index in [0.717, 1.165) is 0 Å². The van der Waals surface area contributed by atoms with E-state index in [9.17, 15) is 12.9 Å². The second kappa shape index (κ2) is 2.46. The van der Waals surface area contributed by atoms with Crippen LogP contribution in [0.15, 0.2) is 12.1 Å². The van der Waals surface area contributed by atoms with E-state index in [2.05, 4.69) is 6.58 Å². The third-order valence-electron chi connectivity index (χ3n) is 1.16. The molecule has 0 spiro atoms.